The van der Waals surface area contributed by atoms with Gasteiger partial charge in [0.1, 0.15) is 5.75 Å². The Morgan fingerprint density at radius 3 is 2.45 bits per heavy atom. The molecule has 6 rings (SSSR count). The third-order valence-electron chi connectivity index (χ3n) is 5.88. The standard InChI is InChI=1S/C26H20N2O/c1-2-10-19(11-3-1)26-28-24(22-14-6-7-16-25(22)29-26)17-23(27-28)21-15-8-12-18-9-4-5-13-20(18)21/h1-16,24,26H,17H2/t24-,26-/m0/s1. The van der Waals surface area contributed by atoms with E-state index in [9.17, 15) is 0 Å². The number of hydrazone groups is 1. The summed E-state index contributed by atoms with van der Waals surface area (Å²) in [5.74, 6) is 0.956. The van der Waals surface area contributed by atoms with Crippen LogP contribution in [-0.2, 0) is 0 Å². The van der Waals surface area contributed by atoms with Crippen LogP contribution in [0.25, 0.3) is 10.8 Å². The summed E-state index contributed by atoms with van der Waals surface area (Å²) < 4.78 is 6.42. The van der Waals surface area contributed by atoms with Crippen molar-refractivity contribution < 1.29 is 4.74 Å². The maximum atomic E-state index is 6.42. The molecule has 0 radical (unpaired) electrons. The molecule has 2 heterocycles. The number of para-hydroxylation sites is 1. The number of benzene rings is 4. The van der Waals surface area contributed by atoms with E-state index < -0.39 is 0 Å². The van der Waals surface area contributed by atoms with E-state index in [0.29, 0.717) is 0 Å². The molecule has 2 aliphatic rings. The van der Waals surface area contributed by atoms with Crippen LogP contribution in [0.3, 0.4) is 0 Å². The Hall–Kier alpha value is -3.59. The van der Waals surface area contributed by atoms with Crippen LogP contribution in [0.5, 0.6) is 5.75 Å². The van der Waals surface area contributed by atoms with Crippen molar-refractivity contribution in [2.24, 2.45) is 5.10 Å². The summed E-state index contributed by atoms with van der Waals surface area (Å²) in [4.78, 5) is 0. The lowest BCUT2D eigenvalue weighted by molar-refractivity contribution is -0.0190. The van der Waals surface area contributed by atoms with Crippen molar-refractivity contribution in [2.75, 3.05) is 0 Å². The number of fused-ring (bicyclic) bond motifs is 4. The first-order valence-electron chi connectivity index (χ1n) is 10.0. The van der Waals surface area contributed by atoms with Crippen molar-refractivity contribution in [3.8, 4) is 5.75 Å². The fourth-order valence-electron chi connectivity index (χ4n) is 4.51. The Labute approximate surface area is 169 Å². The van der Waals surface area contributed by atoms with Crippen molar-refractivity contribution in [1.82, 2.24) is 5.01 Å². The van der Waals surface area contributed by atoms with E-state index in [2.05, 4.69) is 89.9 Å². The molecule has 0 aromatic heterocycles. The first-order chi connectivity index (χ1) is 14.4. The highest BCUT2D eigenvalue weighted by atomic mass is 16.5. The third-order valence-corrected chi connectivity index (χ3v) is 5.88. The van der Waals surface area contributed by atoms with Crippen LogP contribution in [0.1, 0.15) is 35.4 Å². The summed E-state index contributed by atoms with van der Waals surface area (Å²) in [6.45, 7) is 0. The largest absolute Gasteiger partial charge is 0.464 e. The van der Waals surface area contributed by atoms with Crippen LogP contribution in [0.2, 0.25) is 0 Å². The smallest absolute Gasteiger partial charge is 0.213 e. The van der Waals surface area contributed by atoms with Crippen LogP contribution in [0.15, 0.2) is 102 Å². The van der Waals surface area contributed by atoms with Gasteiger partial charge >= 0.3 is 0 Å². The number of rotatable bonds is 2. The van der Waals surface area contributed by atoms with E-state index in [1.54, 1.807) is 0 Å². The predicted molar refractivity (Wildman–Crippen MR) is 116 cm³/mol. The summed E-state index contributed by atoms with van der Waals surface area (Å²) in [6.07, 6.45) is 0.654. The van der Waals surface area contributed by atoms with Gasteiger partial charge in [0.05, 0.1) is 11.8 Å². The predicted octanol–water partition coefficient (Wildman–Crippen LogP) is 6.08. The maximum absolute atomic E-state index is 6.42. The molecule has 0 amide bonds. The number of nitrogens with zero attached hydrogens (tertiary/aromatic N) is 2. The zero-order valence-corrected chi connectivity index (χ0v) is 15.9. The molecule has 29 heavy (non-hydrogen) atoms. The van der Waals surface area contributed by atoms with Gasteiger partial charge in [0.25, 0.3) is 0 Å². The summed E-state index contributed by atoms with van der Waals surface area (Å²) in [6, 6.07) is 33.9. The first-order valence-corrected chi connectivity index (χ1v) is 10.0. The highest BCUT2D eigenvalue weighted by Crippen LogP contribution is 2.47. The SMILES string of the molecule is c1ccc([C@@H]2Oc3ccccc3[C@@H]3CC(c4cccc5ccccc45)=NN32)cc1. The lowest BCUT2D eigenvalue weighted by Gasteiger charge is -2.38. The Balaban J connectivity index is 1.50. The molecule has 0 unspecified atom stereocenters. The molecule has 140 valence electrons. The highest BCUT2D eigenvalue weighted by Gasteiger charge is 2.40. The van der Waals surface area contributed by atoms with Gasteiger partial charge in [0, 0.05) is 23.1 Å². The van der Waals surface area contributed by atoms with E-state index in [1.807, 2.05) is 12.1 Å². The molecule has 0 aliphatic carbocycles. The average Bonchev–Trinajstić information content (AvgIpc) is 3.24. The Morgan fingerprint density at radius 1 is 0.759 bits per heavy atom. The molecule has 3 heteroatoms. The molecule has 0 saturated heterocycles. The quantitative estimate of drug-likeness (QED) is 0.423. The minimum absolute atomic E-state index is 0.180. The van der Waals surface area contributed by atoms with Crippen LogP contribution in [0, 0.1) is 0 Å². The van der Waals surface area contributed by atoms with Gasteiger partial charge in [-0.3, -0.25) is 0 Å². The van der Waals surface area contributed by atoms with Crippen LogP contribution < -0.4 is 4.74 Å². The fraction of sp³-hybridized carbons (Fsp3) is 0.115. The summed E-state index contributed by atoms with van der Waals surface area (Å²) >= 11 is 0. The van der Waals surface area contributed by atoms with Gasteiger partial charge < -0.3 is 4.74 Å². The average molecular weight is 376 g/mol. The zero-order chi connectivity index (χ0) is 19.2. The molecule has 2 aliphatic heterocycles. The molecule has 0 spiro atoms. The van der Waals surface area contributed by atoms with Gasteiger partial charge in [-0.15, -0.1) is 0 Å². The molecule has 2 atom stereocenters. The van der Waals surface area contributed by atoms with Gasteiger partial charge in [0.15, 0.2) is 0 Å². The lowest BCUT2D eigenvalue weighted by atomic mass is 9.94. The van der Waals surface area contributed by atoms with E-state index in [-0.39, 0.29) is 12.3 Å². The van der Waals surface area contributed by atoms with E-state index >= 15 is 0 Å². The van der Waals surface area contributed by atoms with Crippen molar-refractivity contribution in [1.29, 1.82) is 0 Å². The van der Waals surface area contributed by atoms with Crippen LogP contribution in [-0.4, -0.2) is 10.7 Å². The van der Waals surface area contributed by atoms with E-state index in [1.165, 1.54) is 21.9 Å². The van der Waals surface area contributed by atoms with Crippen LogP contribution in [0.4, 0.5) is 0 Å². The van der Waals surface area contributed by atoms with Gasteiger partial charge in [-0.2, -0.15) is 5.10 Å². The second-order valence-electron chi connectivity index (χ2n) is 7.59. The van der Waals surface area contributed by atoms with Gasteiger partial charge in [-0.05, 0) is 16.8 Å². The molecule has 3 nitrogen and oxygen atoms in total. The summed E-state index contributed by atoms with van der Waals surface area (Å²) in [5.41, 5.74) is 4.66. The lowest BCUT2D eigenvalue weighted by Crippen LogP contribution is -2.33. The van der Waals surface area contributed by atoms with Crippen molar-refractivity contribution in [3.05, 3.63) is 114 Å². The molecule has 0 saturated carbocycles. The van der Waals surface area contributed by atoms with Gasteiger partial charge in [-0.1, -0.05) is 91.0 Å². The van der Waals surface area contributed by atoms with Crippen molar-refractivity contribution in [2.45, 2.75) is 18.7 Å². The Bertz CT molecular complexity index is 1230. The second kappa shape index (κ2) is 6.49. The normalized spacial score (nSPS) is 20.0. The summed E-state index contributed by atoms with van der Waals surface area (Å²) in [7, 11) is 0. The first kappa shape index (κ1) is 16.4. The maximum Gasteiger partial charge on any atom is 0.213 e. The molecule has 0 bridgehead atoms. The Morgan fingerprint density at radius 2 is 1.52 bits per heavy atom. The molecular formula is C26H20N2O. The molecule has 0 fully saturated rings. The van der Waals surface area contributed by atoms with Gasteiger partial charge in [-0.25, -0.2) is 5.01 Å². The minimum atomic E-state index is -0.219. The highest BCUT2D eigenvalue weighted by molar-refractivity contribution is 6.11. The van der Waals surface area contributed by atoms with E-state index in [4.69, 9.17) is 9.84 Å². The number of hydrogen-bond donors (Lipinski definition) is 0. The molecule has 4 aromatic rings. The van der Waals surface area contributed by atoms with Crippen molar-refractivity contribution in [3.63, 3.8) is 0 Å². The molecular weight excluding hydrogens is 356 g/mol. The summed E-state index contributed by atoms with van der Waals surface area (Å²) in [5, 5.41) is 9.75. The second-order valence-corrected chi connectivity index (χ2v) is 7.59. The number of ether oxygens (including phenoxy) is 1. The third kappa shape index (κ3) is 2.62. The topological polar surface area (TPSA) is 24.8 Å². The zero-order valence-electron chi connectivity index (χ0n) is 15.9. The Kier molecular flexibility index (Phi) is 3.66. The fourth-order valence-corrected chi connectivity index (χ4v) is 4.51. The van der Waals surface area contributed by atoms with Crippen molar-refractivity contribution >= 4 is 16.5 Å². The number of hydrogen-bond acceptors (Lipinski definition) is 3. The monoisotopic (exact) mass is 376 g/mol. The van der Waals surface area contributed by atoms with Gasteiger partial charge in [0.2, 0.25) is 6.23 Å². The minimum Gasteiger partial charge on any atom is -0.464 e. The van der Waals surface area contributed by atoms with E-state index in [0.717, 1.165) is 23.4 Å². The molecule has 0 N–H and O–H groups in total. The molecule has 4 aromatic carbocycles. The van der Waals surface area contributed by atoms with Crippen LogP contribution >= 0.6 is 0 Å².